The van der Waals surface area contributed by atoms with E-state index in [0.29, 0.717) is 46.9 Å². The number of nitrogens with one attached hydrogen (secondary N) is 1. The molecular weight excluding hydrogens is 614 g/mol. The number of fused-ring (bicyclic) bond motifs is 1. The first-order valence-electron chi connectivity index (χ1n) is 14.2. The number of pyridine rings is 2. The third-order valence-electron chi connectivity index (χ3n) is 7.24. The van der Waals surface area contributed by atoms with E-state index in [1.54, 1.807) is 35.6 Å². The minimum absolute atomic E-state index is 0.0880. The lowest BCUT2D eigenvalue weighted by Crippen LogP contribution is -2.37. The average Bonchev–Trinajstić information content (AvgIpc) is 3.66. The van der Waals surface area contributed by atoms with Crippen LogP contribution in [0.5, 0.6) is 11.5 Å². The van der Waals surface area contributed by atoms with Gasteiger partial charge in [-0.25, -0.2) is 0 Å². The van der Waals surface area contributed by atoms with Crippen molar-refractivity contribution in [2.75, 3.05) is 38.3 Å². The van der Waals surface area contributed by atoms with Crippen LogP contribution in [0.25, 0.3) is 20.8 Å². The molecule has 1 aliphatic rings. The van der Waals surface area contributed by atoms with Gasteiger partial charge in [0.2, 0.25) is 5.91 Å². The van der Waals surface area contributed by atoms with E-state index in [1.807, 2.05) is 71.8 Å². The Kier molecular flexibility index (Phi) is 9.44. The molecule has 6 rings (SSSR count). The van der Waals surface area contributed by atoms with Crippen molar-refractivity contribution in [1.29, 1.82) is 0 Å². The molecule has 1 saturated heterocycles. The van der Waals surface area contributed by atoms with Crippen LogP contribution in [-0.2, 0) is 22.5 Å². The first-order valence-corrected chi connectivity index (χ1v) is 15.8. The number of thiophene rings is 1. The number of rotatable bonds is 11. The van der Waals surface area contributed by atoms with Crippen LogP contribution in [0.2, 0.25) is 5.02 Å². The lowest BCUT2D eigenvalue weighted by atomic mass is 10.1. The summed E-state index contributed by atoms with van der Waals surface area (Å²) in [4.78, 5) is 27.0. The number of methoxy groups -OCH3 is 1. The van der Waals surface area contributed by atoms with Crippen molar-refractivity contribution < 1.29 is 14.3 Å². The minimum atomic E-state index is -0.0880. The van der Waals surface area contributed by atoms with Crippen LogP contribution in [0.4, 0.5) is 5.69 Å². The summed E-state index contributed by atoms with van der Waals surface area (Å²) in [6.07, 6.45) is 3.75. The van der Waals surface area contributed by atoms with Crippen LogP contribution in [0, 0.1) is 0 Å². The zero-order valence-electron chi connectivity index (χ0n) is 24.0. The molecule has 0 radical (unpaired) electrons. The second kappa shape index (κ2) is 13.8. The topological polar surface area (TPSA) is 79.8 Å². The second-order valence-corrected chi connectivity index (χ2v) is 12.0. The molecule has 1 amide bonds. The summed E-state index contributed by atoms with van der Waals surface area (Å²) in [5.41, 5.74) is 4.50. The number of carbonyl (C=O) groups is 1. The van der Waals surface area contributed by atoms with E-state index in [4.69, 9.17) is 33.3 Å². The third kappa shape index (κ3) is 6.74. The van der Waals surface area contributed by atoms with E-state index < -0.39 is 0 Å². The normalized spacial score (nSPS) is 13.2. The van der Waals surface area contributed by atoms with Crippen molar-refractivity contribution in [3.63, 3.8) is 0 Å². The number of aromatic nitrogens is 2. The Morgan fingerprint density at radius 3 is 2.70 bits per heavy atom. The molecule has 0 saturated carbocycles. The number of nitrogens with zero attached hydrogens (tertiary/aromatic N) is 4. The van der Waals surface area contributed by atoms with Crippen molar-refractivity contribution in [1.82, 2.24) is 20.2 Å². The van der Waals surface area contributed by atoms with Crippen LogP contribution < -0.4 is 15.0 Å². The van der Waals surface area contributed by atoms with Gasteiger partial charge in [0.25, 0.3) is 0 Å². The van der Waals surface area contributed by atoms with Crippen LogP contribution >= 0.6 is 35.2 Å². The predicted octanol–water partition coefficient (Wildman–Crippen LogP) is 6.72. The van der Waals surface area contributed by atoms with E-state index in [2.05, 4.69) is 21.4 Å². The minimum Gasteiger partial charge on any atom is -0.456 e. The standard InChI is InChI=1S/C33H30ClN5O3S2/c1-41-16-13-35-20-22-7-10-27(37-21-22)30-19-28-32(44-30)29(11-12-36-28)42-25-9-8-23(26(34)18-25)17-31(40)39-15-14-38(33(39)43)24-5-3-2-4-6-24/h2-12,18-19,21,35H,13-17,20H2,1H3. The van der Waals surface area contributed by atoms with Gasteiger partial charge >= 0.3 is 0 Å². The molecule has 3 aromatic heterocycles. The van der Waals surface area contributed by atoms with Crippen molar-refractivity contribution in [3.8, 4) is 22.1 Å². The fourth-order valence-corrected chi connectivity index (χ4v) is 6.61. The van der Waals surface area contributed by atoms with Gasteiger partial charge in [0.1, 0.15) is 11.5 Å². The SMILES string of the molecule is COCCNCc1ccc(-c2cc3nccc(Oc4ccc(CC(=O)N5CCN(c6ccccc6)C5=S)c(Cl)c4)c3s2)nc1. The molecule has 11 heteroatoms. The molecule has 2 aromatic carbocycles. The Morgan fingerprint density at radius 2 is 1.93 bits per heavy atom. The van der Waals surface area contributed by atoms with Crippen molar-refractivity contribution in [2.24, 2.45) is 0 Å². The molecule has 8 nitrogen and oxygen atoms in total. The van der Waals surface area contributed by atoms with E-state index in [-0.39, 0.29) is 12.3 Å². The summed E-state index contributed by atoms with van der Waals surface area (Å²) in [5, 5.41) is 4.30. The number of para-hydroxylation sites is 1. The fraction of sp³-hybridized carbons (Fsp3) is 0.212. The smallest absolute Gasteiger partial charge is 0.233 e. The molecule has 44 heavy (non-hydrogen) atoms. The van der Waals surface area contributed by atoms with E-state index in [1.165, 1.54) is 0 Å². The number of amides is 1. The quantitative estimate of drug-likeness (QED) is 0.126. The van der Waals surface area contributed by atoms with Crippen molar-refractivity contribution in [3.05, 3.63) is 101 Å². The number of benzene rings is 2. The van der Waals surface area contributed by atoms with Crippen LogP contribution in [0.1, 0.15) is 11.1 Å². The molecule has 4 heterocycles. The highest BCUT2D eigenvalue weighted by atomic mass is 35.5. The molecule has 0 unspecified atom stereocenters. The molecule has 0 atom stereocenters. The monoisotopic (exact) mass is 643 g/mol. The summed E-state index contributed by atoms with van der Waals surface area (Å²) in [6.45, 7) is 3.39. The highest BCUT2D eigenvalue weighted by Crippen LogP contribution is 2.39. The maximum Gasteiger partial charge on any atom is 0.233 e. The fourth-order valence-electron chi connectivity index (χ4n) is 4.94. The lowest BCUT2D eigenvalue weighted by Gasteiger charge is -2.21. The number of hydrogen-bond acceptors (Lipinski definition) is 8. The van der Waals surface area contributed by atoms with Gasteiger partial charge in [0.05, 0.1) is 33.8 Å². The van der Waals surface area contributed by atoms with Crippen LogP contribution in [-0.4, -0.2) is 59.2 Å². The van der Waals surface area contributed by atoms with E-state index in [0.717, 1.165) is 45.1 Å². The Morgan fingerprint density at radius 1 is 1.07 bits per heavy atom. The molecule has 1 fully saturated rings. The van der Waals surface area contributed by atoms with Gasteiger partial charge in [-0.1, -0.05) is 41.9 Å². The van der Waals surface area contributed by atoms with Gasteiger partial charge in [-0.05, 0) is 59.7 Å². The van der Waals surface area contributed by atoms with Crippen molar-refractivity contribution in [2.45, 2.75) is 13.0 Å². The number of ether oxygens (including phenoxy) is 2. The first kappa shape index (κ1) is 30.1. The zero-order valence-corrected chi connectivity index (χ0v) is 26.4. The second-order valence-electron chi connectivity index (χ2n) is 10.2. The zero-order chi connectivity index (χ0) is 30.5. The van der Waals surface area contributed by atoms with Gasteiger partial charge in [-0.15, -0.1) is 11.3 Å². The molecule has 1 N–H and O–H groups in total. The highest BCUT2D eigenvalue weighted by Gasteiger charge is 2.30. The number of halogens is 1. The Labute approximate surface area is 270 Å². The summed E-state index contributed by atoms with van der Waals surface area (Å²) in [5.74, 6) is 1.16. The number of carbonyl (C=O) groups excluding carboxylic acids is 1. The molecule has 224 valence electrons. The molecule has 0 aliphatic carbocycles. The molecule has 0 spiro atoms. The summed E-state index contributed by atoms with van der Waals surface area (Å²) in [6, 6.07) is 23.2. The van der Waals surface area contributed by atoms with Crippen LogP contribution in [0.3, 0.4) is 0 Å². The third-order valence-corrected chi connectivity index (χ3v) is 9.19. The van der Waals surface area contributed by atoms with Gasteiger partial charge in [0, 0.05) is 62.5 Å². The Bertz CT molecular complexity index is 1780. The lowest BCUT2D eigenvalue weighted by molar-refractivity contribution is -0.126. The van der Waals surface area contributed by atoms with Gasteiger partial charge in [-0.2, -0.15) is 0 Å². The van der Waals surface area contributed by atoms with E-state index >= 15 is 0 Å². The number of hydrogen-bond donors (Lipinski definition) is 1. The summed E-state index contributed by atoms with van der Waals surface area (Å²) < 4.78 is 12.3. The Balaban J connectivity index is 1.12. The summed E-state index contributed by atoms with van der Waals surface area (Å²) >= 11 is 13.8. The number of anilines is 1. The van der Waals surface area contributed by atoms with Gasteiger partial charge in [-0.3, -0.25) is 19.7 Å². The highest BCUT2D eigenvalue weighted by molar-refractivity contribution is 7.80. The van der Waals surface area contributed by atoms with Gasteiger partial charge in [0.15, 0.2) is 5.11 Å². The molecule has 0 bridgehead atoms. The van der Waals surface area contributed by atoms with E-state index in [9.17, 15) is 4.79 Å². The Hall–Kier alpha value is -3.93. The molecule has 1 aliphatic heterocycles. The molecule has 5 aromatic rings. The largest absolute Gasteiger partial charge is 0.456 e. The first-order chi connectivity index (χ1) is 21.5. The van der Waals surface area contributed by atoms with Crippen molar-refractivity contribution >= 4 is 62.1 Å². The van der Waals surface area contributed by atoms with Gasteiger partial charge < -0.3 is 19.7 Å². The number of thiocarbonyl (C=S) groups is 1. The maximum absolute atomic E-state index is 13.2. The maximum atomic E-state index is 13.2. The predicted molar refractivity (Wildman–Crippen MR) is 180 cm³/mol. The summed E-state index contributed by atoms with van der Waals surface area (Å²) in [7, 11) is 1.69. The van der Waals surface area contributed by atoms with Crippen LogP contribution in [0.15, 0.2) is 85.2 Å². The molecular formula is C33H30ClN5O3S2. The average molecular weight is 644 g/mol.